The second kappa shape index (κ2) is 10.1. The van der Waals surface area contributed by atoms with Crippen molar-refractivity contribution in [2.75, 3.05) is 6.54 Å². The summed E-state index contributed by atoms with van der Waals surface area (Å²) >= 11 is 3.35. The van der Waals surface area contributed by atoms with Gasteiger partial charge in [-0.3, -0.25) is 4.79 Å². The summed E-state index contributed by atoms with van der Waals surface area (Å²) in [6.07, 6.45) is 4.64. The summed E-state index contributed by atoms with van der Waals surface area (Å²) in [7, 11) is -3.78. The standard InChI is InChI=1S/C25H27BrN2O3S/c26-21-13-15-23(16-14-21)32(30,31)28(22-10-2-1-3-11-22)18-25(29)27-17-20-9-6-8-19-7-4-5-12-24(19)20/h4-9,12-16,22H,1-3,10-11,17-18H2,(H,27,29). The highest BCUT2D eigenvalue weighted by atomic mass is 79.9. The third-order valence-corrected chi connectivity index (χ3v) is 8.50. The lowest BCUT2D eigenvalue weighted by Gasteiger charge is -2.33. The normalized spacial score (nSPS) is 15.2. The smallest absolute Gasteiger partial charge is 0.243 e. The Labute approximate surface area is 198 Å². The van der Waals surface area contributed by atoms with Crippen molar-refractivity contribution in [3.63, 3.8) is 0 Å². The van der Waals surface area contributed by atoms with Crippen LogP contribution in [0.1, 0.15) is 37.7 Å². The van der Waals surface area contributed by atoms with Crippen LogP contribution in [0.5, 0.6) is 0 Å². The van der Waals surface area contributed by atoms with E-state index in [4.69, 9.17) is 0 Å². The summed E-state index contributed by atoms with van der Waals surface area (Å²) in [6, 6.07) is 20.5. The van der Waals surface area contributed by atoms with E-state index in [0.717, 1.165) is 52.9 Å². The second-order valence-corrected chi connectivity index (χ2v) is 11.0. The summed E-state index contributed by atoms with van der Waals surface area (Å²) < 4.78 is 29.1. The van der Waals surface area contributed by atoms with Crippen LogP contribution >= 0.6 is 15.9 Å². The fraction of sp³-hybridized carbons (Fsp3) is 0.320. The monoisotopic (exact) mass is 514 g/mol. The maximum atomic E-state index is 13.5. The average molecular weight is 515 g/mol. The Hall–Kier alpha value is -2.22. The summed E-state index contributed by atoms with van der Waals surface area (Å²) in [6.45, 7) is 0.185. The topological polar surface area (TPSA) is 66.5 Å². The molecule has 1 aliphatic carbocycles. The zero-order valence-electron chi connectivity index (χ0n) is 17.8. The SMILES string of the molecule is O=C(CN(C1CCCCC1)S(=O)(=O)c1ccc(Br)cc1)NCc1cccc2ccccc12. The number of halogens is 1. The number of rotatable bonds is 7. The number of sulfonamides is 1. The van der Waals surface area contributed by atoms with E-state index in [2.05, 4.69) is 21.2 Å². The molecule has 32 heavy (non-hydrogen) atoms. The van der Waals surface area contributed by atoms with Crippen LogP contribution < -0.4 is 5.32 Å². The first-order valence-electron chi connectivity index (χ1n) is 11.0. The van der Waals surface area contributed by atoms with Gasteiger partial charge in [0.05, 0.1) is 11.4 Å². The van der Waals surface area contributed by atoms with Gasteiger partial charge >= 0.3 is 0 Å². The molecule has 1 fully saturated rings. The van der Waals surface area contributed by atoms with Crippen molar-refractivity contribution in [1.82, 2.24) is 9.62 Å². The lowest BCUT2D eigenvalue weighted by Crippen LogP contribution is -2.46. The lowest BCUT2D eigenvalue weighted by atomic mass is 9.95. The predicted molar refractivity (Wildman–Crippen MR) is 131 cm³/mol. The van der Waals surface area contributed by atoms with Crippen molar-refractivity contribution in [2.45, 2.75) is 49.6 Å². The van der Waals surface area contributed by atoms with Gasteiger partial charge in [0.15, 0.2) is 0 Å². The van der Waals surface area contributed by atoms with Gasteiger partial charge in [0.1, 0.15) is 0 Å². The summed E-state index contributed by atoms with van der Waals surface area (Å²) in [5.41, 5.74) is 1.01. The minimum Gasteiger partial charge on any atom is -0.351 e. The number of nitrogens with one attached hydrogen (secondary N) is 1. The van der Waals surface area contributed by atoms with Gasteiger partial charge < -0.3 is 5.32 Å². The van der Waals surface area contributed by atoms with Crippen molar-refractivity contribution < 1.29 is 13.2 Å². The fourth-order valence-corrected chi connectivity index (χ4v) is 6.26. The quantitative estimate of drug-likeness (QED) is 0.468. The Morgan fingerprint density at radius 1 is 0.938 bits per heavy atom. The van der Waals surface area contributed by atoms with Crippen molar-refractivity contribution in [3.05, 3.63) is 76.8 Å². The van der Waals surface area contributed by atoms with Crippen LogP contribution in [0.25, 0.3) is 10.8 Å². The highest BCUT2D eigenvalue weighted by molar-refractivity contribution is 9.10. The van der Waals surface area contributed by atoms with E-state index in [1.165, 1.54) is 4.31 Å². The number of carbonyl (C=O) groups is 1. The first-order chi connectivity index (χ1) is 15.4. The third kappa shape index (κ3) is 5.22. The highest BCUT2D eigenvalue weighted by Crippen LogP contribution is 2.28. The van der Waals surface area contributed by atoms with Gasteiger partial charge in [-0.05, 0) is 53.4 Å². The molecule has 3 aromatic rings. The molecule has 0 atom stereocenters. The largest absolute Gasteiger partial charge is 0.351 e. The van der Waals surface area contributed by atoms with Crippen LogP contribution in [-0.4, -0.2) is 31.2 Å². The van der Waals surface area contributed by atoms with Crippen LogP contribution in [0.4, 0.5) is 0 Å². The average Bonchev–Trinajstić information content (AvgIpc) is 2.82. The van der Waals surface area contributed by atoms with E-state index in [-0.39, 0.29) is 23.4 Å². The minimum atomic E-state index is -3.78. The maximum Gasteiger partial charge on any atom is 0.243 e. The van der Waals surface area contributed by atoms with Gasteiger partial charge in [-0.2, -0.15) is 4.31 Å². The van der Waals surface area contributed by atoms with Crippen LogP contribution in [0, 0.1) is 0 Å². The molecule has 7 heteroatoms. The molecule has 0 spiro atoms. The Morgan fingerprint density at radius 3 is 2.38 bits per heavy atom. The molecule has 0 bridgehead atoms. The summed E-state index contributed by atoms with van der Waals surface area (Å²) in [5, 5.41) is 5.14. The van der Waals surface area contributed by atoms with Crippen molar-refractivity contribution in [1.29, 1.82) is 0 Å². The van der Waals surface area contributed by atoms with Gasteiger partial charge in [-0.25, -0.2) is 8.42 Å². The van der Waals surface area contributed by atoms with Crippen LogP contribution in [-0.2, 0) is 21.4 Å². The number of benzene rings is 3. The van der Waals surface area contributed by atoms with Crippen LogP contribution in [0.2, 0.25) is 0 Å². The lowest BCUT2D eigenvalue weighted by molar-refractivity contribution is -0.121. The summed E-state index contributed by atoms with van der Waals surface area (Å²) in [4.78, 5) is 13.1. The van der Waals surface area contributed by atoms with E-state index in [1.54, 1.807) is 24.3 Å². The van der Waals surface area contributed by atoms with Crippen LogP contribution in [0.3, 0.4) is 0 Å². The Balaban J connectivity index is 1.52. The molecule has 3 aromatic carbocycles. The molecule has 4 rings (SSSR count). The Bertz CT molecular complexity index is 1180. The molecule has 0 unspecified atom stereocenters. The minimum absolute atomic E-state index is 0.152. The molecule has 0 heterocycles. The number of amides is 1. The third-order valence-electron chi connectivity index (χ3n) is 6.06. The van der Waals surface area contributed by atoms with Gasteiger partial charge in [0.2, 0.25) is 15.9 Å². The van der Waals surface area contributed by atoms with E-state index >= 15 is 0 Å². The molecule has 168 valence electrons. The molecule has 1 N–H and O–H groups in total. The Kier molecular flexibility index (Phi) is 7.28. The van der Waals surface area contributed by atoms with E-state index < -0.39 is 10.0 Å². The molecule has 5 nitrogen and oxygen atoms in total. The predicted octanol–water partition coefficient (Wildman–Crippen LogP) is 5.24. The number of carbonyl (C=O) groups excluding carboxylic acids is 1. The van der Waals surface area contributed by atoms with E-state index in [9.17, 15) is 13.2 Å². The number of hydrogen-bond acceptors (Lipinski definition) is 3. The zero-order valence-corrected chi connectivity index (χ0v) is 20.2. The van der Waals surface area contributed by atoms with Crippen molar-refractivity contribution in [2.24, 2.45) is 0 Å². The number of hydrogen-bond donors (Lipinski definition) is 1. The number of nitrogens with zero attached hydrogens (tertiary/aromatic N) is 1. The molecule has 0 aromatic heterocycles. The maximum absolute atomic E-state index is 13.5. The van der Waals surface area contributed by atoms with Gasteiger partial charge in [0.25, 0.3) is 0 Å². The van der Waals surface area contributed by atoms with Gasteiger partial charge in [-0.15, -0.1) is 0 Å². The molecule has 1 aliphatic rings. The molecular formula is C25H27BrN2O3S. The van der Waals surface area contributed by atoms with Gasteiger partial charge in [-0.1, -0.05) is 77.7 Å². The molecule has 0 saturated heterocycles. The molecule has 1 amide bonds. The summed E-state index contributed by atoms with van der Waals surface area (Å²) in [5.74, 6) is -0.288. The first kappa shape index (κ1) is 23.0. The highest BCUT2D eigenvalue weighted by Gasteiger charge is 2.33. The molecule has 0 aliphatic heterocycles. The molecule has 0 radical (unpaired) electrons. The number of fused-ring (bicyclic) bond motifs is 1. The first-order valence-corrected chi connectivity index (χ1v) is 13.2. The second-order valence-electron chi connectivity index (χ2n) is 8.21. The van der Waals surface area contributed by atoms with Crippen molar-refractivity contribution >= 4 is 42.6 Å². The fourth-order valence-electron chi connectivity index (χ4n) is 4.36. The van der Waals surface area contributed by atoms with E-state index in [1.807, 2.05) is 42.5 Å². The molecular weight excluding hydrogens is 488 g/mol. The van der Waals surface area contributed by atoms with Gasteiger partial charge in [0, 0.05) is 17.1 Å². The zero-order chi connectivity index (χ0) is 22.6. The molecule has 1 saturated carbocycles. The Morgan fingerprint density at radius 2 is 1.62 bits per heavy atom. The van der Waals surface area contributed by atoms with E-state index in [0.29, 0.717) is 6.54 Å². The van der Waals surface area contributed by atoms with Crippen molar-refractivity contribution in [3.8, 4) is 0 Å². The van der Waals surface area contributed by atoms with Crippen LogP contribution in [0.15, 0.2) is 76.1 Å².